The van der Waals surface area contributed by atoms with Gasteiger partial charge in [0.15, 0.2) is 0 Å². The number of nitrogens with zero attached hydrogens (tertiary/aromatic N) is 2. The number of hydrogen-bond donors (Lipinski definition) is 1. The molecule has 0 radical (unpaired) electrons. The third kappa shape index (κ3) is 3.11. The van der Waals surface area contributed by atoms with Gasteiger partial charge in [0.05, 0.1) is 6.20 Å². The molecular weight excluding hydrogens is 300 g/mol. The minimum absolute atomic E-state index is 0.619. The van der Waals surface area contributed by atoms with Crippen LogP contribution in [0.25, 0.3) is 0 Å². The zero-order valence-corrected chi connectivity index (χ0v) is 12.6. The highest BCUT2D eigenvalue weighted by Crippen LogP contribution is 2.21. The first kappa shape index (κ1) is 15.6. The Bertz CT molecular complexity index is 772. The Morgan fingerprint density at radius 3 is 2.57 bits per heavy atom. The van der Waals surface area contributed by atoms with Crippen molar-refractivity contribution in [2.45, 2.75) is 24.8 Å². The zero-order valence-electron chi connectivity index (χ0n) is 11.8. The Balaban J connectivity index is 2.33. The Morgan fingerprint density at radius 1 is 1.33 bits per heavy atom. The lowest BCUT2D eigenvalue weighted by Crippen LogP contribution is -2.28. The van der Waals surface area contributed by atoms with Crippen molar-refractivity contribution in [3.63, 3.8) is 0 Å². The van der Waals surface area contributed by atoms with Gasteiger partial charge in [-0.1, -0.05) is 0 Å². The summed E-state index contributed by atoms with van der Waals surface area (Å²) >= 11 is 0. The molecule has 1 aromatic carbocycles. The predicted molar refractivity (Wildman–Crippen MR) is 73.0 cm³/mol. The molecule has 114 valence electrons. The Labute approximate surface area is 121 Å². The number of halogens is 2. The molecule has 1 N–H and O–H groups in total. The Kier molecular flexibility index (Phi) is 4.11. The van der Waals surface area contributed by atoms with Gasteiger partial charge in [0, 0.05) is 24.3 Å². The topological polar surface area (TPSA) is 64.0 Å². The fourth-order valence-electron chi connectivity index (χ4n) is 1.98. The minimum Gasteiger partial charge on any atom is -0.273 e. The number of nitrogens with one attached hydrogen (secondary N) is 1. The van der Waals surface area contributed by atoms with Crippen LogP contribution in [0.3, 0.4) is 0 Å². The van der Waals surface area contributed by atoms with Gasteiger partial charge in [0.1, 0.15) is 16.5 Å². The second-order valence-electron chi connectivity index (χ2n) is 4.73. The van der Waals surface area contributed by atoms with Crippen LogP contribution in [0.4, 0.5) is 8.78 Å². The molecule has 2 aromatic rings. The molecule has 21 heavy (non-hydrogen) atoms. The average molecular weight is 315 g/mol. The molecule has 0 aliphatic carbocycles. The smallest absolute Gasteiger partial charge is 0.244 e. The van der Waals surface area contributed by atoms with Crippen LogP contribution < -0.4 is 4.72 Å². The number of aryl methyl sites for hydroxylation is 1. The summed E-state index contributed by atoms with van der Waals surface area (Å²) < 4.78 is 55.0. The van der Waals surface area contributed by atoms with Gasteiger partial charge in [-0.3, -0.25) is 4.68 Å². The second-order valence-corrected chi connectivity index (χ2v) is 6.41. The normalized spacial score (nSPS) is 13.4. The van der Waals surface area contributed by atoms with E-state index in [1.807, 2.05) is 0 Å². The summed E-state index contributed by atoms with van der Waals surface area (Å²) in [4.78, 5) is -0.712. The monoisotopic (exact) mass is 315 g/mol. The lowest BCUT2D eigenvalue weighted by Gasteiger charge is -2.14. The van der Waals surface area contributed by atoms with E-state index in [2.05, 4.69) is 9.82 Å². The van der Waals surface area contributed by atoms with Crippen molar-refractivity contribution in [1.82, 2.24) is 14.5 Å². The molecule has 0 amide bonds. The summed E-state index contributed by atoms with van der Waals surface area (Å²) in [5, 5.41) is 4.02. The van der Waals surface area contributed by atoms with Crippen molar-refractivity contribution in [1.29, 1.82) is 0 Å². The van der Waals surface area contributed by atoms with Crippen molar-refractivity contribution < 1.29 is 17.2 Å². The van der Waals surface area contributed by atoms with Crippen LogP contribution in [-0.4, -0.2) is 18.2 Å². The number of aromatic nitrogens is 2. The molecular formula is C13H15F2N3O2S. The first-order valence-corrected chi connectivity index (χ1v) is 7.66. The molecule has 1 atom stereocenters. The van der Waals surface area contributed by atoms with Gasteiger partial charge in [-0.15, -0.1) is 0 Å². The summed E-state index contributed by atoms with van der Waals surface area (Å²) in [6, 6.07) is 1.68. The number of sulfonamides is 1. The molecule has 0 aliphatic rings. The highest BCUT2D eigenvalue weighted by atomic mass is 32.2. The van der Waals surface area contributed by atoms with Gasteiger partial charge in [-0.05, 0) is 32.0 Å². The molecule has 5 nitrogen and oxygen atoms in total. The highest BCUT2D eigenvalue weighted by molar-refractivity contribution is 7.89. The summed E-state index contributed by atoms with van der Waals surface area (Å²) in [6.45, 7) is 3.40. The van der Waals surface area contributed by atoms with Crippen molar-refractivity contribution >= 4 is 10.0 Å². The van der Waals surface area contributed by atoms with Crippen LogP contribution >= 0.6 is 0 Å². The summed E-state index contributed by atoms with van der Waals surface area (Å²) in [6.07, 6.45) is 1.53. The van der Waals surface area contributed by atoms with Crippen LogP contribution in [0.5, 0.6) is 0 Å². The van der Waals surface area contributed by atoms with Crippen LogP contribution in [0, 0.1) is 18.6 Å². The molecule has 1 unspecified atom stereocenters. The predicted octanol–water partition coefficient (Wildman–Crippen LogP) is 2.05. The molecule has 0 saturated heterocycles. The van der Waals surface area contributed by atoms with Gasteiger partial charge < -0.3 is 0 Å². The van der Waals surface area contributed by atoms with E-state index < -0.39 is 32.6 Å². The van der Waals surface area contributed by atoms with E-state index in [9.17, 15) is 17.2 Å². The van der Waals surface area contributed by atoms with E-state index in [-0.39, 0.29) is 0 Å². The molecule has 0 fully saturated rings. The Hall–Kier alpha value is -1.80. The lowest BCUT2D eigenvalue weighted by atomic mass is 10.1. The van der Waals surface area contributed by atoms with Gasteiger partial charge >= 0.3 is 0 Å². The molecule has 0 saturated carbocycles. The maximum absolute atomic E-state index is 13.6. The van der Waals surface area contributed by atoms with E-state index in [1.54, 1.807) is 25.6 Å². The number of benzene rings is 1. The summed E-state index contributed by atoms with van der Waals surface area (Å²) in [5.41, 5.74) is 1.45. The van der Waals surface area contributed by atoms with Crippen LogP contribution in [0.15, 0.2) is 29.3 Å². The molecule has 0 aliphatic heterocycles. The first-order chi connectivity index (χ1) is 9.72. The SMILES string of the molecule is Cc1c(C(C)NS(=O)(=O)c2cc(F)ccc2F)cnn1C. The lowest BCUT2D eigenvalue weighted by molar-refractivity contribution is 0.537. The maximum Gasteiger partial charge on any atom is 0.244 e. The first-order valence-electron chi connectivity index (χ1n) is 6.18. The quantitative estimate of drug-likeness (QED) is 0.939. The maximum atomic E-state index is 13.6. The van der Waals surface area contributed by atoms with E-state index in [1.165, 1.54) is 6.20 Å². The zero-order chi connectivity index (χ0) is 15.8. The van der Waals surface area contributed by atoms with Crippen molar-refractivity contribution in [3.8, 4) is 0 Å². The summed E-state index contributed by atoms with van der Waals surface area (Å²) in [7, 11) is -2.44. The second kappa shape index (κ2) is 5.53. The van der Waals surface area contributed by atoms with Gasteiger partial charge in [0.25, 0.3) is 0 Å². The number of rotatable bonds is 4. The molecule has 2 rings (SSSR count). The van der Waals surface area contributed by atoms with Crippen molar-refractivity contribution in [2.24, 2.45) is 7.05 Å². The fourth-order valence-corrected chi connectivity index (χ4v) is 3.30. The van der Waals surface area contributed by atoms with E-state index in [4.69, 9.17) is 0 Å². The number of hydrogen-bond acceptors (Lipinski definition) is 3. The van der Waals surface area contributed by atoms with Crippen molar-refractivity contribution in [2.75, 3.05) is 0 Å². The van der Waals surface area contributed by atoms with Crippen molar-refractivity contribution in [3.05, 3.63) is 47.3 Å². The van der Waals surface area contributed by atoms with E-state index >= 15 is 0 Å². The minimum atomic E-state index is -4.17. The van der Waals surface area contributed by atoms with Gasteiger partial charge in [-0.2, -0.15) is 5.10 Å². The average Bonchev–Trinajstić information content (AvgIpc) is 2.72. The van der Waals surface area contributed by atoms with Gasteiger partial charge in [0.2, 0.25) is 10.0 Å². The summed E-state index contributed by atoms with van der Waals surface area (Å²) in [5.74, 6) is -1.82. The third-order valence-electron chi connectivity index (χ3n) is 3.25. The van der Waals surface area contributed by atoms with Crippen LogP contribution in [-0.2, 0) is 17.1 Å². The molecule has 1 aromatic heterocycles. The van der Waals surface area contributed by atoms with Crippen LogP contribution in [0.2, 0.25) is 0 Å². The highest BCUT2D eigenvalue weighted by Gasteiger charge is 2.24. The molecule has 0 spiro atoms. The fraction of sp³-hybridized carbons (Fsp3) is 0.308. The largest absolute Gasteiger partial charge is 0.273 e. The standard InChI is InChI=1S/C13H15F2N3O2S/c1-8(11-7-16-18(3)9(11)2)17-21(19,20)13-6-10(14)4-5-12(13)15/h4-8,17H,1-3H3. The van der Waals surface area contributed by atoms with E-state index in [0.717, 1.165) is 17.8 Å². The molecule has 0 bridgehead atoms. The van der Waals surface area contributed by atoms with Gasteiger partial charge in [-0.25, -0.2) is 21.9 Å². The Morgan fingerprint density at radius 2 is 2.00 bits per heavy atom. The molecule has 1 heterocycles. The van der Waals surface area contributed by atoms with E-state index in [0.29, 0.717) is 11.6 Å². The third-order valence-corrected chi connectivity index (χ3v) is 4.81. The molecule has 8 heteroatoms. The van der Waals surface area contributed by atoms with Crippen LogP contribution in [0.1, 0.15) is 24.2 Å².